The second-order valence-corrected chi connectivity index (χ2v) is 6.84. The molecule has 0 saturated carbocycles. The maximum absolute atomic E-state index is 12.6. The van der Waals surface area contributed by atoms with Crippen LogP contribution < -0.4 is 5.32 Å². The van der Waals surface area contributed by atoms with Gasteiger partial charge in [-0.25, -0.2) is 0 Å². The third-order valence-electron chi connectivity index (χ3n) is 4.63. The van der Waals surface area contributed by atoms with Crippen molar-refractivity contribution in [1.29, 1.82) is 0 Å². The van der Waals surface area contributed by atoms with Crippen LogP contribution in [0.1, 0.15) is 49.6 Å². The first kappa shape index (κ1) is 14.6. The molecule has 0 aromatic carbocycles. The highest BCUT2D eigenvalue weighted by Crippen LogP contribution is 2.22. The molecule has 3 heterocycles. The number of piperidine rings is 2. The van der Waals surface area contributed by atoms with Gasteiger partial charge >= 0.3 is 0 Å². The van der Waals surface area contributed by atoms with E-state index < -0.39 is 0 Å². The predicted octanol–water partition coefficient (Wildman–Crippen LogP) is 1.93. The molecule has 1 N–H and O–H groups in total. The molecule has 2 fully saturated rings. The van der Waals surface area contributed by atoms with Crippen LogP contribution in [0.15, 0.2) is 12.3 Å². The van der Waals surface area contributed by atoms with Crippen LogP contribution in [0.2, 0.25) is 0 Å². The highest BCUT2D eigenvalue weighted by atomic mass is 16.2. The summed E-state index contributed by atoms with van der Waals surface area (Å²) in [5.74, 6) is 1.26. The van der Waals surface area contributed by atoms with Crippen molar-refractivity contribution in [1.82, 2.24) is 20.0 Å². The van der Waals surface area contributed by atoms with Crippen LogP contribution in [0.3, 0.4) is 0 Å². The summed E-state index contributed by atoms with van der Waals surface area (Å²) in [6.07, 6.45) is 5.49. The Bertz CT molecular complexity index is 482. The van der Waals surface area contributed by atoms with Crippen molar-refractivity contribution in [3.63, 3.8) is 0 Å². The Kier molecular flexibility index (Phi) is 4.29. The van der Waals surface area contributed by atoms with Gasteiger partial charge in [-0.2, -0.15) is 5.10 Å². The van der Waals surface area contributed by atoms with Crippen molar-refractivity contribution in [2.75, 3.05) is 26.2 Å². The molecule has 5 heteroatoms. The third kappa shape index (κ3) is 3.28. The first-order chi connectivity index (χ1) is 10.1. The molecule has 0 spiro atoms. The third-order valence-corrected chi connectivity index (χ3v) is 4.63. The fourth-order valence-electron chi connectivity index (χ4n) is 3.71. The van der Waals surface area contributed by atoms with Gasteiger partial charge in [0.2, 0.25) is 0 Å². The lowest BCUT2D eigenvalue weighted by Gasteiger charge is -2.34. The van der Waals surface area contributed by atoms with E-state index in [1.165, 1.54) is 12.8 Å². The molecule has 2 saturated heterocycles. The number of nitrogens with one attached hydrogen (secondary N) is 1. The van der Waals surface area contributed by atoms with Gasteiger partial charge in [-0.3, -0.25) is 9.48 Å². The van der Waals surface area contributed by atoms with Crippen molar-refractivity contribution in [3.8, 4) is 0 Å². The zero-order valence-corrected chi connectivity index (χ0v) is 13.1. The van der Waals surface area contributed by atoms with Crippen LogP contribution in [0.5, 0.6) is 0 Å². The van der Waals surface area contributed by atoms with Gasteiger partial charge in [0.15, 0.2) is 0 Å². The molecule has 0 bridgehead atoms. The SMILES string of the molecule is CC1CC(C)CN(C(=O)c2ccn(C3CCCNC3)n2)C1. The van der Waals surface area contributed by atoms with Crippen LogP contribution in [-0.4, -0.2) is 46.8 Å². The number of hydrogen-bond acceptors (Lipinski definition) is 3. The first-order valence-corrected chi connectivity index (χ1v) is 8.18. The van der Waals surface area contributed by atoms with Crippen LogP contribution >= 0.6 is 0 Å². The molecule has 1 aromatic heterocycles. The lowest BCUT2D eigenvalue weighted by molar-refractivity contribution is 0.0615. The van der Waals surface area contributed by atoms with E-state index in [9.17, 15) is 4.79 Å². The largest absolute Gasteiger partial charge is 0.337 e. The molecule has 1 aromatic rings. The van der Waals surface area contributed by atoms with Crippen LogP contribution in [0.4, 0.5) is 0 Å². The maximum Gasteiger partial charge on any atom is 0.274 e. The topological polar surface area (TPSA) is 50.2 Å². The molecular formula is C16H26N4O. The van der Waals surface area contributed by atoms with E-state index in [2.05, 4.69) is 24.3 Å². The lowest BCUT2D eigenvalue weighted by atomic mass is 9.92. The zero-order valence-electron chi connectivity index (χ0n) is 13.1. The van der Waals surface area contributed by atoms with Gasteiger partial charge in [0, 0.05) is 25.8 Å². The Labute approximate surface area is 126 Å². The standard InChI is InChI=1S/C16H26N4O/c1-12-8-13(2)11-19(10-12)16(21)15-5-7-20(18-15)14-4-3-6-17-9-14/h5,7,12-14,17H,3-4,6,8-11H2,1-2H3. The summed E-state index contributed by atoms with van der Waals surface area (Å²) in [6, 6.07) is 2.26. The number of aromatic nitrogens is 2. The predicted molar refractivity (Wildman–Crippen MR) is 82.2 cm³/mol. The number of nitrogens with zero attached hydrogens (tertiary/aromatic N) is 3. The summed E-state index contributed by atoms with van der Waals surface area (Å²) in [7, 11) is 0. The van der Waals surface area contributed by atoms with Crippen LogP contribution in [-0.2, 0) is 0 Å². The summed E-state index contributed by atoms with van der Waals surface area (Å²) in [5.41, 5.74) is 0.599. The van der Waals surface area contributed by atoms with E-state index in [-0.39, 0.29) is 5.91 Å². The van der Waals surface area contributed by atoms with Gasteiger partial charge < -0.3 is 10.2 Å². The van der Waals surface area contributed by atoms with E-state index in [1.54, 1.807) is 0 Å². The highest BCUT2D eigenvalue weighted by Gasteiger charge is 2.27. The Morgan fingerprint density at radius 1 is 1.33 bits per heavy atom. The van der Waals surface area contributed by atoms with Gasteiger partial charge in [-0.1, -0.05) is 13.8 Å². The van der Waals surface area contributed by atoms with Crippen molar-refractivity contribution in [2.45, 2.75) is 39.2 Å². The zero-order chi connectivity index (χ0) is 14.8. The fourth-order valence-corrected chi connectivity index (χ4v) is 3.71. The highest BCUT2D eigenvalue weighted by molar-refractivity contribution is 5.92. The second kappa shape index (κ2) is 6.18. The summed E-state index contributed by atoms with van der Waals surface area (Å²) < 4.78 is 1.97. The molecule has 2 aliphatic heterocycles. The van der Waals surface area contributed by atoms with Crippen molar-refractivity contribution < 1.29 is 4.79 Å². The second-order valence-electron chi connectivity index (χ2n) is 6.84. The average Bonchev–Trinajstić information content (AvgIpc) is 2.96. The number of likely N-dealkylation sites (tertiary alicyclic amines) is 1. The van der Waals surface area contributed by atoms with E-state index in [0.29, 0.717) is 23.6 Å². The van der Waals surface area contributed by atoms with Gasteiger partial charge in [-0.15, -0.1) is 0 Å². The number of carbonyl (C=O) groups is 1. The quantitative estimate of drug-likeness (QED) is 0.905. The van der Waals surface area contributed by atoms with Crippen LogP contribution in [0, 0.1) is 11.8 Å². The smallest absolute Gasteiger partial charge is 0.274 e. The van der Waals surface area contributed by atoms with Gasteiger partial charge in [0.1, 0.15) is 5.69 Å². The van der Waals surface area contributed by atoms with Crippen molar-refractivity contribution >= 4 is 5.91 Å². The van der Waals surface area contributed by atoms with E-state index >= 15 is 0 Å². The number of carbonyl (C=O) groups excluding carboxylic acids is 1. The van der Waals surface area contributed by atoms with Crippen LogP contribution in [0.25, 0.3) is 0 Å². The molecule has 3 rings (SSSR count). The lowest BCUT2D eigenvalue weighted by Crippen LogP contribution is -2.42. The Balaban J connectivity index is 1.68. The summed E-state index contributed by atoms with van der Waals surface area (Å²) >= 11 is 0. The number of rotatable bonds is 2. The molecule has 2 aliphatic rings. The van der Waals surface area contributed by atoms with Gasteiger partial charge in [0.05, 0.1) is 6.04 Å². The minimum Gasteiger partial charge on any atom is -0.337 e. The molecule has 21 heavy (non-hydrogen) atoms. The first-order valence-electron chi connectivity index (χ1n) is 8.18. The minimum absolute atomic E-state index is 0.0934. The number of amides is 1. The van der Waals surface area contributed by atoms with Crippen molar-refractivity contribution in [3.05, 3.63) is 18.0 Å². The fraction of sp³-hybridized carbons (Fsp3) is 0.750. The molecule has 0 radical (unpaired) electrons. The van der Waals surface area contributed by atoms with Crippen molar-refractivity contribution in [2.24, 2.45) is 11.8 Å². The summed E-state index contributed by atoms with van der Waals surface area (Å²) in [4.78, 5) is 14.6. The molecule has 3 atom stereocenters. The maximum atomic E-state index is 12.6. The van der Waals surface area contributed by atoms with E-state index in [4.69, 9.17) is 0 Å². The normalized spacial score (nSPS) is 30.4. The molecular weight excluding hydrogens is 264 g/mol. The number of hydrogen-bond donors (Lipinski definition) is 1. The molecule has 1 amide bonds. The molecule has 5 nitrogen and oxygen atoms in total. The Morgan fingerprint density at radius 3 is 2.76 bits per heavy atom. The van der Waals surface area contributed by atoms with E-state index in [1.807, 2.05) is 21.8 Å². The van der Waals surface area contributed by atoms with Gasteiger partial charge in [-0.05, 0) is 43.7 Å². The summed E-state index contributed by atoms with van der Waals surface area (Å²) in [6.45, 7) is 8.21. The Hall–Kier alpha value is -1.36. The summed E-state index contributed by atoms with van der Waals surface area (Å²) in [5, 5.41) is 7.94. The molecule has 116 valence electrons. The minimum atomic E-state index is 0.0934. The van der Waals surface area contributed by atoms with Gasteiger partial charge in [0.25, 0.3) is 5.91 Å². The average molecular weight is 290 g/mol. The monoisotopic (exact) mass is 290 g/mol. The Morgan fingerprint density at radius 2 is 2.10 bits per heavy atom. The molecule has 3 unspecified atom stereocenters. The van der Waals surface area contributed by atoms with E-state index in [0.717, 1.165) is 32.6 Å². The molecule has 0 aliphatic carbocycles.